The van der Waals surface area contributed by atoms with Gasteiger partial charge in [0.15, 0.2) is 0 Å². The van der Waals surface area contributed by atoms with Gasteiger partial charge in [0, 0.05) is 23.4 Å². The zero-order chi connectivity index (χ0) is 15.6. The van der Waals surface area contributed by atoms with E-state index in [-0.39, 0.29) is 16.3 Å². The largest absolute Gasteiger partial charge is 0.322 e. The van der Waals surface area contributed by atoms with E-state index < -0.39 is 28.2 Å². The summed E-state index contributed by atoms with van der Waals surface area (Å²) in [5.41, 5.74) is -0.597. The van der Waals surface area contributed by atoms with Crippen LogP contribution < -0.4 is 5.32 Å². The van der Waals surface area contributed by atoms with E-state index >= 15 is 0 Å². The minimum absolute atomic E-state index is 0.0595. The summed E-state index contributed by atoms with van der Waals surface area (Å²) in [4.78, 5) is 21.9. The first-order valence-corrected chi connectivity index (χ1v) is 5.96. The number of halogens is 3. The molecule has 8 heteroatoms. The summed E-state index contributed by atoms with van der Waals surface area (Å²) in [5, 5.41) is 12.9. The molecule has 0 aliphatic heterocycles. The van der Waals surface area contributed by atoms with Gasteiger partial charge in [-0.2, -0.15) is 0 Å². The van der Waals surface area contributed by atoms with Gasteiger partial charge in [-0.25, -0.2) is 8.78 Å². The second kappa shape index (κ2) is 5.84. The first-order valence-electron chi connectivity index (χ1n) is 5.58. The Labute approximate surface area is 122 Å². The lowest BCUT2D eigenvalue weighted by Gasteiger charge is -2.06. The maximum Gasteiger partial charge on any atom is 0.288 e. The molecular weight excluding hydrogens is 306 g/mol. The first-order chi connectivity index (χ1) is 9.86. The van der Waals surface area contributed by atoms with Crippen LogP contribution in [-0.2, 0) is 0 Å². The highest BCUT2D eigenvalue weighted by Gasteiger charge is 2.16. The lowest BCUT2D eigenvalue weighted by atomic mass is 10.2. The number of amides is 1. The van der Waals surface area contributed by atoms with Crippen LogP contribution in [-0.4, -0.2) is 10.8 Å². The summed E-state index contributed by atoms with van der Waals surface area (Å²) < 4.78 is 26.0. The third-order valence-corrected chi connectivity index (χ3v) is 2.85. The normalized spacial score (nSPS) is 10.2. The standard InChI is InChI=1S/C13H7ClF2N2O3/c14-11-2-1-7(3-12(11)18(20)21)13(19)17-10-5-8(15)4-9(16)6-10/h1-6H,(H,17,19). The number of rotatable bonds is 3. The molecule has 0 fully saturated rings. The van der Waals surface area contributed by atoms with Crippen LogP contribution in [0.15, 0.2) is 36.4 Å². The van der Waals surface area contributed by atoms with Crippen molar-refractivity contribution in [3.63, 3.8) is 0 Å². The molecule has 0 radical (unpaired) electrons. The summed E-state index contributed by atoms with van der Waals surface area (Å²) in [5.74, 6) is -2.46. The Morgan fingerprint density at radius 1 is 1.14 bits per heavy atom. The van der Waals surface area contributed by atoms with Gasteiger partial charge < -0.3 is 5.32 Å². The van der Waals surface area contributed by atoms with Crippen LogP contribution in [0.5, 0.6) is 0 Å². The topological polar surface area (TPSA) is 72.2 Å². The number of carbonyl (C=O) groups is 1. The number of benzene rings is 2. The van der Waals surface area contributed by atoms with E-state index in [4.69, 9.17) is 11.6 Å². The smallest absolute Gasteiger partial charge is 0.288 e. The Balaban J connectivity index is 2.28. The molecule has 5 nitrogen and oxygen atoms in total. The number of hydrogen-bond acceptors (Lipinski definition) is 3. The van der Waals surface area contributed by atoms with Crippen LogP contribution in [0, 0.1) is 21.7 Å². The zero-order valence-corrected chi connectivity index (χ0v) is 11.0. The Bertz CT molecular complexity index is 717. The number of nitrogens with one attached hydrogen (secondary N) is 1. The van der Waals surface area contributed by atoms with E-state index in [9.17, 15) is 23.7 Å². The fourth-order valence-electron chi connectivity index (χ4n) is 1.62. The summed E-state index contributed by atoms with van der Waals surface area (Å²) in [7, 11) is 0. The average Bonchev–Trinajstić information content (AvgIpc) is 2.37. The Morgan fingerprint density at radius 3 is 2.33 bits per heavy atom. The molecule has 0 aliphatic carbocycles. The highest BCUT2D eigenvalue weighted by molar-refractivity contribution is 6.32. The Hall–Kier alpha value is -2.54. The summed E-state index contributed by atoms with van der Waals surface area (Å²) in [6, 6.07) is 5.94. The summed E-state index contributed by atoms with van der Waals surface area (Å²) in [6.07, 6.45) is 0. The maximum atomic E-state index is 13.0. The molecule has 2 rings (SSSR count). The van der Waals surface area contributed by atoms with Gasteiger partial charge in [0.05, 0.1) is 4.92 Å². The summed E-state index contributed by atoms with van der Waals surface area (Å²) in [6.45, 7) is 0. The van der Waals surface area contributed by atoms with Crippen LogP contribution in [0.1, 0.15) is 10.4 Å². The molecule has 21 heavy (non-hydrogen) atoms. The monoisotopic (exact) mass is 312 g/mol. The molecule has 0 saturated heterocycles. The fourth-order valence-corrected chi connectivity index (χ4v) is 1.81. The van der Waals surface area contributed by atoms with Crippen LogP contribution in [0.3, 0.4) is 0 Å². The minimum Gasteiger partial charge on any atom is -0.322 e. The van der Waals surface area contributed by atoms with Crippen molar-refractivity contribution < 1.29 is 18.5 Å². The number of anilines is 1. The Kier molecular flexibility index (Phi) is 4.13. The average molecular weight is 313 g/mol. The maximum absolute atomic E-state index is 13.0. The van der Waals surface area contributed by atoms with E-state index in [0.717, 1.165) is 18.2 Å². The molecule has 0 saturated carbocycles. The molecular formula is C13H7ClF2N2O3. The number of nitrogens with zero attached hydrogens (tertiary/aromatic N) is 1. The summed E-state index contributed by atoms with van der Waals surface area (Å²) >= 11 is 5.63. The molecule has 108 valence electrons. The number of carbonyl (C=O) groups excluding carboxylic acids is 1. The van der Waals surface area contributed by atoms with E-state index in [1.807, 2.05) is 0 Å². The van der Waals surface area contributed by atoms with Crippen molar-refractivity contribution in [3.05, 3.63) is 68.7 Å². The predicted octanol–water partition coefficient (Wildman–Crippen LogP) is 3.78. The highest BCUT2D eigenvalue weighted by atomic mass is 35.5. The zero-order valence-electron chi connectivity index (χ0n) is 10.3. The van der Waals surface area contributed by atoms with Crippen molar-refractivity contribution in [3.8, 4) is 0 Å². The third kappa shape index (κ3) is 3.51. The van der Waals surface area contributed by atoms with Crippen molar-refractivity contribution in [1.29, 1.82) is 0 Å². The second-order valence-corrected chi connectivity index (χ2v) is 4.44. The van der Waals surface area contributed by atoms with Crippen LogP contribution in [0.2, 0.25) is 5.02 Å². The van der Waals surface area contributed by atoms with Crippen molar-refractivity contribution in [2.24, 2.45) is 0 Å². The first kappa shape index (κ1) is 14.9. The molecule has 0 bridgehead atoms. The molecule has 0 unspecified atom stereocenters. The molecule has 0 spiro atoms. The highest BCUT2D eigenvalue weighted by Crippen LogP contribution is 2.25. The van der Waals surface area contributed by atoms with Crippen molar-refractivity contribution in [2.75, 3.05) is 5.32 Å². The van der Waals surface area contributed by atoms with Crippen LogP contribution >= 0.6 is 11.6 Å². The molecule has 0 heterocycles. The molecule has 2 aromatic rings. The van der Waals surface area contributed by atoms with Crippen molar-refractivity contribution >= 4 is 28.9 Å². The molecule has 0 aromatic heterocycles. The predicted molar refractivity (Wildman–Crippen MR) is 72.4 cm³/mol. The van der Waals surface area contributed by atoms with Gasteiger partial charge in [-0.3, -0.25) is 14.9 Å². The molecule has 0 aliphatic rings. The van der Waals surface area contributed by atoms with Gasteiger partial charge in [0.1, 0.15) is 16.7 Å². The van der Waals surface area contributed by atoms with Gasteiger partial charge >= 0.3 is 0 Å². The minimum atomic E-state index is -0.854. The quantitative estimate of drug-likeness (QED) is 0.692. The van der Waals surface area contributed by atoms with E-state index in [0.29, 0.717) is 6.07 Å². The lowest BCUT2D eigenvalue weighted by molar-refractivity contribution is -0.384. The fraction of sp³-hybridized carbons (Fsp3) is 0. The second-order valence-electron chi connectivity index (χ2n) is 4.04. The number of hydrogen-bond donors (Lipinski definition) is 1. The van der Waals surface area contributed by atoms with Gasteiger partial charge in [0.2, 0.25) is 0 Å². The van der Waals surface area contributed by atoms with Crippen LogP contribution in [0.25, 0.3) is 0 Å². The SMILES string of the molecule is O=C(Nc1cc(F)cc(F)c1)c1ccc(Cl)c([N+](=O)[O-])c1. The van der Waals surface area contributed by atoms with Crippen LogP contribution in [0.4, 0.5) is 20.2 Å². The molecule has 1 N–H and O–H groups in total. The number of nitro benzene ring substituents is 1. The third-order valence-electron chi connectivity index (χ3n) is 2.53. The molecule has 1 amide bonds. The van der Waals surface area contributed by atoms with Crippen molar-refractivity contribution in [2.45, 2.75) is 0 Å². The van der Waals surface area contributed by atoms with Gasteiger partial charge in [0.25, 0.3) is 11.6 Å². The molecule has 0 atom stereocenters. The number of nitro groups is 1. The molecule has 2 aromatic carbocycles. The van der Waals surface area contributed by atoms with E-state index in [2.05, 4.69) is 5.32 Å². The Morgan fingerprint density at radius 2 is 1.76 bits per heavy atom. The van der Waals surface area contributed by atoms with Crippen molar-refractivity contribution in [1.82, 2.24) is 0 Å². The van der Waals surface area contributed by atoms with Gasteiger partial charge in [-0.1, -0.05) is 11.6 Å². The van der Waals surface area contributed by atoms with E-state index in [1.54, 1.807) is 0 Å². The van der Waals surface area contributed by atoms with Gasteiger partial charge in [-0.15, -0.1) is 0 Å². The lowest BCUT2D eigenvalue weighted by Crippen LogP contribution is -2.12. The van der Waals surface area contributed by atoms with E-state index in [1.165, 1.54) is 12.1 Å². The van der Waals surface area contributed by atoms with Gasteiger partial charge in [-0.05, 0) is 24.3 Å².